The third-order valence-corrected chi connectivity index (χ3v) is 3.07. The van der Waals surface area contributed by atoms with Crippen LogP contribution in [-0.2, 0) is 15.5 Å². The van der Waals surface area contributed by atoms with Gasteiger partial charge in [0.1, 0.15) is 0 Å². The first-order valence-corrected chi connectivity index (χ1v) is 5.96. The zero-order chi connectivity index (χ0) is 12.8. The fourth-order valence-corrected chi connectivity index (χ4v) is 1.73. The maximum Gasteiger partial charge on any atom is 0.430 e. The normalized spacial score (nSPS) is 13.2. The highest BCUT2D eigenvalue weighted by Crippen LogP contribution is 2.34. The lowest BCUT2D eigenvalue weighted by Gasteiger charge is -2.06. The van der Waals surface area contributed by atoms with Crippen LogP contribution in [0.4, 0.5) is 12.7 Å². The lowest BCUT2D eigenvalue weighted by atomic mass is 10.3. The van der Waals surface area contributed by atoms with E-state index in [4.69, 9.17) is 11.6 Å². The summed E-state index contributed by atoms with van der Waals surface area (Å²) in [5.41, 5.74) is 0.156. The Labute approximate surface area is 98.6 Å². The van der Waals surface area contributed by atoms with Gasteiger partial charge in [0.15, 0.2) is 5.82 Å². The molecule has 9 heteroatoms. The summed E-state index contributed by atoms with van der Waals surface area (Å²) in [6.45, 7) is 0. The van der Waals surface area contributed by atoms with Gasteiger partial charge in [0.2, 0.25) is 0 Å². The van der Waals surface area contributed by atoms with Crippen LogP contribution < -0.4 is 0 Å². The van der Waals surface area contributed by atoms with Gasteiger partial charge in [0.05, 0.1) is 11.0 Å². The second-order valence-electron chi connectivity index (χ2n) is 3.20. The van der Waals surface area contributed by atoms with E-state index in [0.29, 0.717) is 0 Å². The Morgan fingerprint density at radius 2 is 2.00 bits per heavy atom. The van der Waals surface area contributed by atoms with E-state index in [0.717, 1.165) is 0 Å². The number of H-pyrrole nitrogens is 1. The van der Waals surface area contributed by atoms with Crippen molar-refractivity contribution < 1.29 is 21.1 Å². The Balaban J connectivity index is 2.65. The SMILES string of the molecule is O=S(=O)(F)C(F)(F)c1nc2ccc(Cl)cc2[nH]1. The maximum atomic E-state index is 13.1. The third kappa shape index (κ3) is 1.98. The van der Waals surface area contributed by atoms with Crippen LogP contribution in [0.25, 0.3) is 11.0 Å². The van der Waals surface area contributed by atoms with Crippen molar-refractivity contribution in [3.63, 3.8) is 0 Å². The van der Waals surface area contributed by atoms with E-state index < -0.39 is 21.3 Å². The largest absolute Gasteiger partial charge is 0.430 e. The number of imidazole rings is 1. The Morgan fingerprint density at radius 1 is 1.35 bits per heavy atom. The molecule has 0 saturated heterocycles. The van der Waals surface area contributed by atoms with Crippen LogP contribution >= 0.6 is 11.6 Å². The molecule has 4 nitrogen and oxygen atoms in total. The van der Waals surface area contributed by atoms with Crippen LogP contribution in [0.15, 0.2) is 18.2 Å². The summed E-state index contributed by atoms with van der Waals surface area (Å²) in [6.07, 6.45) is 0. The maximum absolute atomic E-state index is 13.1. The first-order valence-electron chi connectivity index (χ1n) is 4.19. The average Bonchev–Trinajstić information content (AvgIpc) is 2.58. The molecule has 17 heavy (non-hydrogen) atoms. The minimum atomic E-state index is -6.07. The number of fused-ring (bicyclic) bond motifs is 1. The molecule has 1 aromatic heterocycles. The molecular formula is C8H4ClF3N2O2S. The van der Waals surface area contributed by atoms with Gasteiger partial charge >= 0.3 is 15.5 Å². The molecule has 1 heterocycles. The first-order chi connectivity index (χ1) is 7.72. The van der Waals surface area contributed by atoms with Crippen LogP contribution in [0.1, 0.15) is 5.82 Å². The number of aromatic nitrogens is 2. The zero-order valence-corrected chi connectivity index (χ0v) is 9.49. The summed E-state index contributed by atoms with van der Waals surface area (Å²) >= 11 is 5.60. The van der Waals surface area contributed by atoms with Gasteiger partial charge in [0, 0.05) is 5.02 Å². The summed E-state index contributed by atoms with van der Waals surface area (Å²) in [5, 5.41) is -4.46. The monoisotopic (exact) mass is 284 g/mol. The quantitative estimate of drug-likeness (QED) is 0.862. The minimum Gasteiger partial charge on any atom is -0.336 e. The van der Waals surface area contributed by atoms with Gasteiger partial charge in [-0.15, -0.1) is 0 Å². The number of benzene rings is 1. The number of alkyl halides is 2. The first kappa shape index (κ1) is 12.2. The van der Waals surface area contributed by atoms with Gasteiger partial charge in [-0.25, -0.2) is 4.98 Å². The Morgan fingerprint density at radius 3 is 2.59 bits per heavy atom. The van der Waals surface area contributed by atoms with Crippen LogP contribution in [0.3, 0.4) is 0 Å². The number of aromatic amines is 1. The molecule has 2 aromatic rings. The van der Waals surface area contributed by atoms with Crippen molar-refractivity contribution in [2.45, 2.75) is 5.25 Å². The number of nitrogens with one attached hydrogen (secondary N) is 1. The topological polar surface area (TPSA) is 62.8 Å². The molecule has 0 fully saturated rings. The van der Waals surface area contributed by atoms with Gasteiger partial charge < -0.3 is 4.98 Å². The van der Waals surface area contributed by atoms with Crippen molar-refractivity contribution in [1.82, 2.24) is 9.97 Å². The van der Waals surface area contributed by atoms with Crippen LogP contribution in [0.5, 0.6) is 0 Å². The molecule has 0 aliphatic carbocycles. The molecule has 0 atom stereocenters. The molecule has 0 saturated carbocycles. The van der Waals surface area contributed by atoms with Gasteiger partial charge in [-0.05, 0) is 18.2 Å². The van der Waals surface area contributed by atoms with Crippen LogP contribution in [0.2, 0.25) is 5.02 Å². The molecule has 1 N–H and O–H groups in total. The van der Waals surface area contributed by atoms with Crippen molar-refractivity contribution in [1.29, 1.82) is 0 Å². The highest BCUT2D eigenvalue weighted by atomic mass is 35.5. The van der Waals surface area contributed by atoms with E-state index in [9.17, 15) is 21.1 Å². The average molecular weight is 285 g/mol. The third-order valence-electron chi connectivity index (χ3n) is 2.03. The summed E-state index contributed by atoms with van der Waals surface area (Å²) < 4.78 is 59.2. The number of hydrogen-bond acceptors (Lipinski definition) is 3. The molecule has 0 bridgehead atoms. The van der Waals surface area contributed by atoms with Crippen molar-refractivity contribution in [3.05, 3.63) is 29.0 Å². The molecule has 0 radical (unpaired) electrons. The summed E-state index contributed by atoms with van der Waals surface area (Å²) in [7, 11) is -6.07. The van der Waals surface area contributed by atoms with Crippen molar-refractivity contribution >= 4 is 32.9 Å². The van der Waals surface area contributed by atoms with E-state index in [2.05, 4.69) is 4.98 Å². The lowest BCUT2D eigenvalue weighted by Crippen LogP contribution is -2.23. The molecule has 0 amide bonds. The zero-order valence-electron chi connectivity index (χ0n) is 7.92. The predicted octanol–water partition coefficient (Wildman–Crippen LogP) is 2.56. The Bertz CT molecular complexity index is 683. The fourth-order valence-electron chi connectivity index (χ4n) is 1.24. The highest BCUT2D eigenvalue weighted by molar-refractivity contribution is 7.87. The molecule has 1 aromatic carbocycles. The number of halogens is 4. The van der Waals surface area contributed by atoms with Crippen molar-refractivity contribution in [3.8, 4) is 0 Å². The second kappa shape index (κ2) is 3.61. The second-order valence-corrected chi connectivity index (χ2v) is 5.03. The number of nitrogens with zero attached hydrogens (tertiary/aromatic N) is 1. The summed E-state index contributed by atoms with van der Waals surface area (Å²) in [4.78, 5) is 5.33. The standard InChI is InChI=1S/C8H4ClF3N2O2S/c9-4-1-2-5-6(3-4)14-7(13-5)8(10,11)17(12,15)16/h1-3H,(H,13,14). The number of rotatable bonds is 2. The van der Waals surface area contributed by atoms with Crippen LogP contribution in [0, 0.1) is 0 Å². The molecular weight excluding hydrogens is 281 g/mol. The fraction of sp³-hybridized carbons (Fsp3) is 0.125. The Kier molecular flexibility index (Phi) is 2.58. The van der Waals surface area contributed by atoms with Gasteiger partial charge in [0.25, 0.3) is 0 Å². The lowest BCUT2D eigenvalue weighted by molar-refractivity contribution is 0.0755. The smallest absolute Gasteiger partial charge is 0.336 e. The molecule has 0 spiro atoms. The van der Waals surface area contributed by atoms with Gasteiger partial charge in [-0.1, -0.05) is 15.5 Å². The predicted molar refractivity (Wildman–Crippen MR) is 55.0 cm³/mol. The summed E-state index contributed by atoms with van der Waals surface area (Å²) in [6, 6.07) is 3.96. The van der Waals surface area contributed by atoms with E-state index in [1.54, 1.807) is 0 Å². The van der Waals surface area contributed by atoms with E-state index in [1.165, 1.54) is 18.2 Å². The molecule has 2 rings (SSSR count). The van der Waals surface area contributed by atoms with Gasteiger partial charge in [-0.3, -0.25) is 0 Å². The molecule has 0 unspecified atom stereocenters. The van der Waals surface area contributed by atoms with E-state index >= 15 is 0 Å². The van der Waals surface area contributed by atoms with Crippen molar-refractivity contribution in [2.24, 2.45) is 0 Å². The molecule has 0 aliphatic rings. The van der Waals surface area contributed by atoms with Crippen LogP contribution in [-0.4, -0.2) is 18.4 Å². The highest BCUT2D eigenvalue weighted by Gasteiger charge is 2.50. The van der Waals surface area contributed by atoms with E-state index in [-0.39, 0.29) is 16.1 Å². The van der Waals surface area contributed by atoms with Crippen molar-refractivity contribution in [2.75, 3.05) is 0 Å². The molecule has 92 valence electrons. The number of hydrogen-bond donors (Lipinski definition) is 1. The van der Waals surface area contributed by atoms with Gasteiger partial charge in [-0.2, -0.15) is 17.2 Å². The summed E-state index contributed by atoms with van der Waals surface area (Å²) in [5.74, 6) is -1.28. The Hall–Kier alpha value is -1.28. The van der Waals surface area contributed by atoms with E-state index in [1.807, 2.05) is 4.98 Å². The molecule has 0 aliphatic heterocycles. The minimum absolute atomic E-state index is 0.0627.